The summed E-state index contributed by atoms with van der Waals surface area (Å²) in [6, 6.07) is 44.5. The van der Waals surface area contributed by atoms with Crippen LogP contribution in [0.3, 0.4) is 0 Å². The van der Waals surface area contributed by atoms with Crippen molar-refractivity contribution in [3.05, 3.63) is 210 Å². The maximum atomic E-state index is 2.47. The Balaban J connectivity index is 1.34. The predicted octanol–water partition coefficient (Wildman–Crippen LogP) is 13.5. The monoisotopic (exact) mass is 672 g/mol. The SMILES string of the molecule is Cc1ccccc1/C=C/c1cc2c(/C=C/c3ccccc3C)cc1CCc1cc(/C=C/c3ccccc3C)c(cc1/C=C/c1ccccc1C)CC2. The highest BCUT2D eigenvalue weighted by Crippen LogP contribution is 2.31. The van der Waals surface area contributed by atoms with Gasteiger partial charge in [-0.15, -0.1) is 0 Å². The quantitative estimate of drug-likeness (QED) is 0.141. The van der Waals surface area contributed by atoms with Gasteiger partial charge in [0.25, 0.3) is 0 Å². The van der Waals surface area contributed by atoms with E-state index in [0.717, 1.165) is 25.7 Å². The molecule has 0 saturated carbocycles. The maximum absolute atomic E-state index is 2.47. The van der Waals surface area contributed by atoms with E-state index in [0.29, 0.717) is 0 Å². The average molecular weight is 673 g/mol. The summed E-state index contributed by atoms with van der Waals surface area (Å²) in [7, 11) is 0. The van der Waals surface area contributed by atoms with Gasteiger partial charge in [0.05, 0.1) is 0 Å². The summed E-state index contributed by atoms with van der Waals surface area (Å²) in [6.45, 7) is 8.77. The summed E-state index contributed by atoms with van der Waals surface area (Å²) in [5.41, 5.74) is 21.0. The summed E-state index contributed by atoms with van der Waals surface area (Å²) < 4.78 is 0. The minimum Gasteiger partial charge on any atom is -0.0620 e. The Kier molecular flexibility index (Phi) is 10.7. The lowest BCUT2D eigenvalue weighted by atomic mass is 9.86. The summed E-state index contributed by atoms with van der Waals surface area (Å²) in [5.74, 6) is 0. The van der Waals surface area contributed by atoms with E-state index in [4.69, 9.17) is 0 Å². The number of hydrogen-bond acceptors (Lipinski definition) is 0. The molecule has 256 valence electrons. The molecule has 6 aromatic carbocycles. The van der Waals surface area contributed by atoms with Gasteiger partial charge < -0.3 is 0 Å². The van der Waals surface area contributed by atoms with Gasteiger partial charge in [0.15, 0.2) is 0 Å². The van der Waals surface area contributed by atoms with Crippen LogP contribution in [0.2, 0.25) is 0 Å². The Morgan fingerprint density at radius 1 is 0.269 bits per heavy atom. The van der Waals surface area contributed by atoms with Crippen molar-refractivity contribution in [3.8, 4) is 0 Å². The van der Waals surface area contributed by atoms with Gasteiger partial charge in [0, 0.05) is 0 Å². The summed E-state index contributed by atoms with van der Waals surface area (Å²) in [5, 5.41) is 0. The molecule has 0 fully saturated rings. The first-order valence-electron chi connectivity index (χ1n) is 18.7. The van der Waals surface area contributed by atoms with E-state index in [1.807, 2.05) is 0 Å². The van der Waals surface area contributed by atoms with Gasteiger partial charge in [-0.05, 0) is 142 Å². The van der Waals surface area contributed by atoms with E-state index in [9.17, 15) is 0 Å². The first-order valence-corrected chi connectivity index (χ1v) is 18.7. The molecular weight excluding hydrogens is 625 g/mol. The third-order valence-electron chi connectivity index (χ3n) is 10.7. The number of rotatable bonds is 8. The van der Waals surface area contributed by atoms with Crippen molar-refractivity contribution in [1.82, 2.24) is 0 Å². The van der Waals surface area contributed by atoms with Gasteiger partial charge in [-0.2, -0.15) is 0 Å². The fraction of sp³-hybridized carbons (Fsp3) is 0.154. The number of hydrogen-bond donors (Lipinski definition) is 0. The Labute approximate surface area is 311 Å². The molecule has 4 aliphatic carbocycles. The molecule has 0 unspecified atom stereocenters. The Morgan fingerprint density at radius 3 is 0.673 bits per heavy atom. The van der Waals surface area contributed by atoms with Crippen LogP contribution in [0.15, 0.2) is 121 Å². The van der Waals surface area contributed by atoms with E-state index >= 15 is 0 Å². The van der Waals surface area contributed by atoms with Crippen molar-refractivity contribution in [2.75, 3.05) is 0 Å². The molecule has 0 heterocycles. The fourth-order valence-corrected chi connectivity index (χ4v) is 7.29. The molecule has 0 amide bonds. The highest BCUT2D eigenvalue weighted by Gasteiger charge is 2.15. The highest BCUT2D eigenvalue weighted by molar-refractivity contribution is 5.80. The minimum absolute atomic E-state index is 0.949. The number of aryl methyl sites for hydroxylation is 8. The van der Waals surface area contributed by atoms with Gasteiger partial charge in [-0.1, -0.05) is 170 Å². The molecule has 10 rings (SSSR count). The smallest absolute Gasteiger partial charge is 0.0221 e. The van der Waals surface area contributed by atoms with Crippen molar-refractivity contribution in [2.24, 2.45) is 0 Å². The standard InChI is InChI=1S/C52H48/c1-37-13-5-9-17-41(37)21-25-45-33-50-31-32-52-36-47(27-23-43-19-11-7-15-39(43)3)51(35-48(52)28-24-44-20-12-8-16-40(44)4)30-29-49(45)34-46(50)26-22-42-18-10-6-14-38(42)2/h5-28,33-36H,29-32H2,1-4H3/b25-21+,26-22+,27-23+,28-24+. The molecule has 4 bridgehead atoms. The zero-order valence-electron chi connectivity index (χ0n) is 31.0. The molecule has 4 aliphatic rings. The van der Waals surface area contributed by atoms with Crippen LogP contribution in [0.1, 0.15) is 89.0 Å². The van der Waals surface area contributed by atoms with Gasteiger partial charge in [-0.3, -0.25) is 0 Å². The predicted molar refractivity (Wildman–Crippen MR) is 228 cm³/mol. The summed E-state index contributed by atoms with van der Waals surface area (Å²) >= 11 is 0. The van der Waals surface area contributed by atoms with Crippen molar-refractivity contribution < 1.29 is 0 Å². The van der Waals surface area contributed by atoms with Crippen LogP contribution < -0.4 is 0 Å². The van der Waals surface area contributed by atoms with Crippen molar-refractivity contribution in [2.45, 2.75) is 53.4 Å². The van der Waals surface area contributed by atoms with Gasteiger partial charge in [-0.25, -0.2) is 0 Å². The van der Waals surface area contributed by atoms with E-state index in [-0.39, 0.29) is 0 Å². The van der Waals surface area contributed by atoms with Crippen molar-refractivity contribution in [3.63, 3.8) is 0 Å². The van der Waals surface area contributed by atoms with E-state index in [1.165, 1.54) is 89.0 Å². The third kappa shape index (κ3) is 8.25. The van der Waals surface area contributed by atoms with Gasteiger partial charge in [0.1, 0.15) is 0 Å². The fourth-order valence-electron chi connectivity index (χ4n) is 7.29. The van der Waals surface area contributed by atoms with Crippen LogP contribution in [0.5, 0.6) is 0 Å². The highest BCUT2D eigenvalue weighted by atomic mass is 14.2. The summed E-state index contributed by atoms with van der Waals surface area (Å²) in [4.78, 5) is 0. The Bertz CT molecular complexity index is 2000. The average Bonchev–Trinajstić information content (AvgIpc) is 3.15. The second kappa shape index (κ2) is 16.1. The minimum atomic E-state index is 0.949. The normalized spacial score (nSPS) is 13.2. The molecule has 52 heavy (non-hydrogen) atoms. The first kappa shape index (κ1) is 34.7. The summed E-state index contributed by atoms with van der Waals surface area (Å²) in [6.07, 6.45) is 22.4. The van der Waals surface area contributed by atoms with Crippen LogP contribution in [0, 0.1) is 27.7 Å². The lowest BCUT2D eigenvalue weighted by Gasteiger charge is -2.19. The lowest BCUT2D eigenvalue weighted by Crippen LogP contribution is -2.06. The van der Waals surface area contributed by atoms with Crippen molar-refractivity contribution >= 4 is 48.6 Å². The molecule has 6 aromatic rings. The zero-order valence-corrected chi connectivity index (χ0v) is 31.0. The lowest BCUT2D eigenvalue weighted by molar-refractivity contribution is 0.912. The molecule has 0 aliphatic heterocycles. The van der Waals surface area contributed by atoms with Crippen LogP contribution >= 0.6 is 0 Å². The van der Waals surface area contributed by atoms with E-state index in [2.05, 4.69) is 198 Å². The van der Waals surface area contributed by atoms with Crippen LogP contribution in [-0.4, -0.2) is 0 Å². The Morgan fingerprint density at radius 2 is 0.462 bits per heavy atom. The van der Waals surface area contributed by atoms with Gasteiger partial charge >= 0.3 is 0 Å². The Hall–Kier alpha value is -5.72. The first-order chi connectivity index (χ1) is 25.4. The zero-order chi connectivity index (χ0) is 35.9. The van der Waals surface area contributed by atoms with Crippen LogP contribution in [0.4, 0.5) is 0 Å². The number of benzene rings is 6. The topological polar surface area (TPSA) is 0 Å². The van der Waals surface area contributed by atoms with Crippen LogP contribution in [-0.2, 0) is 25.7 Å². The maximum Gasteiger partial charge on any atom is -0.0221 e. The molecule has 0 N–H and O–H groups in total. The second-order valence-corrected chi connectivity index (χ2v) is 14.3. The molecule has 0 saturated heterocycles. The van der Waals surface area contributed by atoms with Crippen molar-refractivity contribution in [1.29, 1.82) is 0 Å². The molecule has 0 spiro atoms. The molecule has 0 nitrogen and oxygen atoms in total. The van der Waals surface area contributed by atoms with Gasteiger partial charge in [0.2, 0.25) is 0 Å². The van der Waals surface area contributed by atoms with E-state index < -0.39 is 0 Å². The largest absolute Gasteiger partial charge is 0.0620 e. The second-order valence-electron chi connectivity index (χ2n) is 14.3. The molecule has 0 aromatic heterocycles. The van der Waals surface area contributed by atoms with Crippen LogP contribution in [0.25, 0.3) is 48.6 Å². The molecule has 0 radical (unpaired) electrons. The molecule has 0 atom stereocenters. The molecule has 0 heteroatoms. The third-order valence-corrected chi connectivity index (χ3v) is 10.7. The molecular formula is C52H48. The van der Waals surface area contributed by atoms with E-state index in [1.54, 1.807) is 0 Å².